The fraction of sp³-hybridized carbons (Fsp3) is 0.320. The van der Waals surface area contributed by atoms with Crippen molar-refractivity contribution in [3.8, 4) is 0 Å². The van der Waals surface area contributed by atoms with Crippen LogP contribution < -0.4 is 16.1 Å². The molecule has 1 atom stereocenters. The van der Waals surface area contributed by atoms with Crippen molar-refractivity contribution in [1.82, 2.24) is 18.7 Å². The molecule has 0 saturated carbocycles. The maximum Gasteiger partial charge on any atom is 0.332 e. The number of imidazole rings is 1. The first-order valence-electron chi connectivity index (χ1n) is 11.0. The molecule has 0 aliphatic heterocycles. The number of hydrogen-bond acceptors (Lipinski definition) is 3. The smallest absolute Gasteiger partial charge is 0.327 e. The average molecular weight is 433 g/mol. The zero-order valence-electron chi connectivity index (χ0n) is 18.9. The third kappa shape index (κ3) is 4.43. The van der Waals surface area contributed by atoms with Crippen molar-refractivity contribution < 1.29 is 4.90 Å². The lowest BCUT2D eigenvalue weighted by Gasteiger charge is -2.15. The molecule has 0 aliphatic rings. The Morgan fingerprint density at radius 3 is 2.12 bits per heavy atom. The maximum atomic E-state index is 13.0. The van der Waals surface area contributed by atoms with E-state index in [-0.39, 0.29) is 11.2 Å². The molecular formula is C25H30N5O2+. The molecule has 166 valence electrons. The van der Waals surface area contributed by atoms with E-state index in [4.69, 9.17) is 4.98 Å². The highest BCUT2D eigenvalue weighted by Gasteiger charge is 2.21. The number of aromatic nitrogens is 4. The number of quaternary nitrogens is 1. The van der Waals surface area contributed by atoms with Crippen LogP contribution in [0.4, 0.5) is 0 Å². The van der Waals surface area contributed by atoms with Crippen LogP contribution in [-0.4, -0.2) is 25.7 Å². The van der Waals surface area contributed by atoms with E-state index < -0.39 is 0 Å². The summed E-state index contributed by atoms with van der Waals surface area (Å²) in [4.78, 5) is 31.5. The summed E-state index contributed by atoms with van der Waals surface area (Å²) in [7, 11) is 5.32. The van der Waals surface area contributed by atoms with Gasteiger partial charge in [-0.2, -0.15) is 0 Å². The van der Waals surface area contributed by atoms with Crippen LogP contribution in [0, 0.1) is 0 Å². The van der Waals surface area contributed by atoms with Gasteiger partial charge < -0.3 is 9.47 Å². The van der Waals surface area contributed by atoms with E-state index in [0.717, 1.165) is 25.2 Å². The number of fused-ring (bicyclic) bond motifs is 1. The third-order valence-corrected chi connectivity index (χ3v) is 5.93. The second-order valence-electron chi connectivity index (χ2n) is 8.44. The normalized spacial score (nSPS) is 12.3. The minimum absolute atomic E-state index is 0.290. The van der Waals surface area contributed by atoms with Crippen LogP contribution in [0.15, 0.2) is 70.3 Å². The van der Waals surface area contributed by atoms with Crippen molar-refractivity contribution in [3.05, 3.63) is 98.5 Å². The highest BCUT2D eigenvalue weighted by atomic mass is 16.2. The summed E-state index contributed by atoms with van der Waals surface area (Å²) in [5, 5.41) is 0. The molecule has 0 amide bonds. The number of benzene rings is 2. The number of hydrogen-bond donors (Lipinski definition) is 1. The molecule has 2 aromatic carbocycles. The predicted molar refractivity (Wildman–Crippen MR) is 126 cm³/mol. The summed E-state index contributed by atoms with van der Waals surface area (Å²) in [5.74, 6) is 0.833. The predicted octanol–water partition coefficient (Wildman–Crippen LogP) is 1.28. The quantitative estimate of drug-likeness (QED) is 0.456. The van der Waals surface area contributed by atoms with Gasteiger partial charge >= 0.3 is 5.69 Å². The molecule has 1 unspecified atom stereocenters. The maximum absolute atomic E-state index is 13.0. The van der Waals surface area contributed by atoms with Crippen LogP contribution >= 0.6 is 0 Å². The summed E-state index contributed by atoms with van der Waals surface area (Å²) < 4.78 is 4.66. The van der Waals surface area contributed by atoms with Crippen LogP contribution in [0.5, 0.6) is 0 Å². The summed E-state index contributed by atoms with van der Waals surface area (Å²) in [5.41, 5.74) is 2.84. The Hall–Kier alpha value is -3.45. The van der Waals surface area contributed by atoms with Gasteiger partial charge in [-0.3, -0.25) is 13.9 Å². The molecule has 0 bridgehead atoms. The molecule has 2 aromatic heterocycles. The van der Waals surface area contributed by atoms with E-state index in [1.54, 1.807) is 7.05 Å². The van der Waals surface area contributed by atoms with Crippen molar-refractivity contribution in [2.75, 3.05) is 7.05 Å². The Labute approximate surface area is 187 Å². The van der Waals surface area contributed by atoms with E-state index in [9.17, 15) is 9.59 Å². The fourth-order valence-electron chi connectivity index (χ4n) is 4.23. The van der Waals surface area contributed by atoms with Gasteiger partial charge in [0.05, 0.1) is 7.05 Å². The molecule has 7 heteroatoms. The second kappa shape index (κ2) is 9.36. The SMILES string of the molecule is Cn1c(=O)c2c(nc(C[NH+](C)Cc3ccccc3)n2CCCc2ccccc2)n(C)c1=O. The Bertz CT molecular complexity index is 1320. The molecule has 4 aromatic rings. The molecule has 0 aliphatic carbocycles. The lowest BCUT2D eigenvalue weighted by atomic mass is 10.1. The van der Waals surface area contributed by atoms with Gasteiger partial charge in [-0.15, -0.1) is 0 Å². The summed E-state index contributed by atoms with van der Waals surface area (Å²) in [6.07, 6.45) is 1.80. The third-order valence-electron chi connectivity index (χ3n) is 5.93. The first kappa shape index (κ1) is 21.8. The van der Waals surface area contributed by atoms with Gasteiger partial charge in [-0.1, -0.05) is 60.7 Å². The lowest BCUT2D eigenvalue weighted by Crippen LogP contribution is -3.06. The lowest BCUT2D eigenvalue weighted by molar-refractivity contribution is -0.908. The zero-order chi connectivity index (χ0) is 22.7. The van der Waals surface area contributed by atoms with Gasteiger partial charge in [-0.25, -0.2) is 9.78 Å². The first-order chi connectivity index (χ1) is 15.5. The van der Waals surface area contributed by atoms with Gasteiger partial charge in [0.1, 0.15) is 13.1 Å². The molecule has 7 nitrogen and oxygen atoms in total. The Morgan fingerprint density at radius 1 is 0.844 bits per heavy atom. The van der Waals surface area contributed by atoms with Crippen LogP contribution in [0.2, 0.25) is 0 Å². The average Bonchev–Trinajstić information content (AvgIpc) is 3.15. The number of aryl methyl sites for hydroxylation is 3. The van der Waals surface area contributed by atoms with Crippen LogP contribution in [0.25, 0.3) is 11.2 Å². The topological polar surface area (TPSA) is 66.3 Å². The largest absolute Gasteiger partial charge is 0.332 e. The summed E-state index contributed by atoms with van der Waals surface area (Å²) in [6.45, 7) is 2.18. The minimum Gasteiger partial charge on any atom is -0.327 e. The van der Waals surface area contributed by atoms with Gasteiger partial charge in [0.25, 0.3) is 5.56 Å². The molecule has 32 heavy (non-hydrogen) atoms. The standard InChI is InChI=1S/C25H29N5O2/c1-27(17-20-13-8-5-9-14-20)18-21-26-23-22(24(31)29(3)25(32)28(23)2)30(21)16-10-15-19-11-6-4-7-12-19/h4-9,11-14H,10,15-18H2,1-3H3/p+1. The summed E-state index contributed by atoms with van der Waals surface area (Å²) in [6, 6.07) is 20.7. The Balaban J connectivity index is 1.67. The van der Waals surface area contributed by atoms with E-state index >= 15 is 0 Å². The van der Waals surface area contributed by atoms with Crippen molar-refractivity contribution >= 4 is 11.2 Å². The highest BCUT2D eigenvalue weighted by Crippen LogP contribution is 2.13. The zero-order valence-corrected chi connectivity index (χ0v) is 18.9. The van der Waals surface area contributed by atoms with Crippen molar-refractivity contribution in [2.24, 2.45) is 14.1 Å². The van der Waals surface area contributed by atoms with Gasteiger partial charge in [0, 0.05) is 26.2 Å². The number of rotatable bonds is 8. The highest BCUT2D eigenvalue weighted by molar-refractivity contribution is 5.71. The van der Waals surface area contributed by atoms with Gasteiger partial charge in [0.15, 0.2) is 17.0 Å². The second-order valence-corrected chi connectivity index (χ2v) is 8.44. The number of nitrogens with zero attached hydrogens (tertiary/aromatic N) is 4. The fourth-order valence-corrected chi connectivity index (χ4v) is 4.23. The molecule has 0 fully saturated rings. The van der Waals surface area contributed by atoms with Crippen LogP contribution in [-0.2, 0) is 40.2 Å². The van der Waals surface area contributed by atoms with Gasteiger partial charge in [0.2, 0.25) is 0 Å². The molecule has 0 saturated heterocycles. The van der Waals surface area contributed by atoms with Crippen LogP contribution in [0.3, 0.4) is 0 Å². The van der Waals surface area contributed by atoms with Crippen molar-refractivity contribution in [1.29, 1.82) is 0 Å². The molecule has 1 N–H and O–H groups in total. The molecular weight excluding hydrogens is 402 g/mol. The van der Waals surface area contributed by atoms with Crippen molar-refractivity contribution in [3.63, 3.8) is 0 Å². The van der Waals surface area contributed by atoms with Crippen LogP contribution in [0.1, 0.15) is 23.4 Å². The molecule has 2 heterocycles. The summed E-state index contributed by atoms with van der Waals surface area (Å²) >= 11 is 0. The molecule has 0 spiro atoms. The molecule has 0 radical (unpaired) electrons. The minimum atomic E-state index is -0.354. The van der Waals surface area contributed by atoms with Crippen molar-refractivity contribution in [2.45, 2.75) is 32.5 Å². The van der Waals surface area contributed by atoms with E-state index in [0.29, 0.717) is 24.3 Å². The monoisotopic (exact) mass is 432 g/mol. The van der Waals surface area contributed by atoms with E-state index in [1.165, 1.54) is 32.2 Å². The Kier molecular flexibility index (Phi) is 6.37. The van der Waals surface area contributed by atoms with E-state index in [2.05, 4.69) is 31.3 Å². The molecule has 4 rings (SSSR count). The van der Waals surface area contributed by atoms with Gasteiger partial charge in [-0.05, 0) is 18.4 Å². The number of nitrogens with one attached hydrogen (secondary N) is 1. The Morgan fingerprint density at radius 2 is 1.47 bits per heavy atom. The first-order valence-corrected chi connectivity index (χ1v) is 11.0. The van der Waals surface area contributed by atoms with E-state index in [1.807, 2.05) is 41.0 Å².